The van der Waals surface area contributed by atoms with Gasteiger partial charge in [-0.05, 0) is 19.1 Å². The maximum Gasteiger partial charge on any atom is 0.451 e. The molecular weight excluding hydrogens is 317 g/mol. The standard InChI is InChI=1S/C13H11F3N4O3/c1-6-9(23-8-5-3-2-4-7(8)22-6)10(21)17-12-18-11(19-20-12)13(14,15)16/h2-6,9H,1H3,(H2,17,18,19,20,21). The first-order chi connectivity index (χ1) is 10.8. The van der Waals surface area contributed by atoms with Gasteiger partial charge in [0.1, 0.15) is 6.10 Å². The van der Waals surface area contributed by atoms with Crippen molar-refractivity contribution >= 4 is 11.9 Å². The van der Waals surface area contributed by atoms with E-state index in [0.29, 0.717) is 11.5 Å². The number of nitrogens with zero attached hydrogens (tertiary/aromatic N) is 2. The largest absolute Gasteiger partial charge is 0.482 e. The van der Waals surface area contributed by atoms with Crippen molar-refractivity contribution in [3.05, 3.63) is 30.1 Å². The summed E-state index contributed by atoms with van der Waals surface area (Å²) < 4.78 is 48.4. The summed E-state index contributed by atoms with van der Waals surface area (Å²) in [4.78, 5) is 15.3. The lowest BCUT2D eigenvalue weighted by Crippen LogP contribution is -2.46. The van der Waals surface area contributed by atoms with Crippen molar-refractivity contribution in [2.45, 2.75) is 25.3 Å². The van der Waals surface area contributed by atoms with Crippen LogP contribution < -0.4 is 14.8 Å². The van der Waals surface area contributed by atoms with Gasteiger partial charge in [0, 0.05) is 0 Å². The highest BCUT2D eigenvalue weighted by Gasteiger charge is 2.37. The number of nitrogens with one attached hydrogen (secondary N) is 2. The molecule has 23 heavy (non-hydrogen) atoms. The fourth-order valence-electron chi connectivity index (χ4n) is 2.03. The van der Waals surface area contributed by atoms with E-state index in [1.165, 1.54) is 0 Å². The molecule has 0 bridgehead atoms. The molecule has 2 heterocycles. The van der Waals surface area contributed by atoms with Crippen molar-refractivity contribution in [3.63, 3.8) is 0 Å². The summed E-state index contributed by atoms with van der Waals surface area (Å²) in [6.45, 7) is 1.61. The number of hydrogen-bond acceptors (Lipinski definition) is 5. The summed E-state index contributed by atoms with van der Waals surface area (Å²) in [5, 5.41) is 7.18. The monoisotopic (exact) mass is 328 g/mol. The normalized spacial score (nSPS) is 20.2. The Kier molecular flexibility index (Phi) is 3.58. The van der Waals surface area contributed by atoms with E-state index in [2.05, 4.69) is 15.4 Å². The Morgan fingerprint density at radius 1 is 1.26 bits per heavy atom. The zero-order chi connectivity index (χ0) is 16.6. The number of alkyl halides is 3. The third-order valence-electron chi connectivity index (χ3n) is 3.09. The molecule has 1 amide bonds. The molecule has 10 heteroatoms. The molecule has 0 spiro atoms. The molecule has 7 nitrogen and oxygen atoms in total. The van der Waals surface area contributed by atoms with Gasteiger partial charge in [0.05, 0.1) is 0 Å². The Hall–Kier alpha value is -2.78. The van der Waals surface area contributed by atoms with Crippen molar-refractivity contribution < 1.29 is 27.4 Å². The van der Waals surface area contributed by atoms with E-state index in [1.807, 2.05) is 0 Å². The fourth-order valence-corrected chi connectivity index (χ4v) is 2.03. The molecule has 0 aliphatic carbocycles. The SMILES string of the molecule is CC1Oc2ccccc2OC1C(=O)Nc1n[nH]c(C(F)(F)F)n1. The quantitative estimate of drug-likeness (QED) is 0.880. The van der Waals surface area contributed by atoms with Crippen LogP contribution >= 0.6 is 0 Å². The van der Waals surface area contributed by atoms with Gasteiger partial charge in [-0.1, -0.05) is 12.1 Å². The van der Waals surface area contributed by atoms with Crippen LogP contribution in [0.15, 0.2) is 24.3 Å². The number of amides is 1. The van der Waals surface area contributed by atoms with Gasteiger partial charge in [-0.15, -0.1) is 5.10 Å². The average molecular weight is 328 g/mol. The zero-order valence-corrected chi connectivity index (χ0v) is 11.7. The minimum atomic E-state index is -4.67. The predicted molar refractivity (Wildman–Crippen MR) is 71.0 cm³/mol. The van der Waals surface area contributed by atoms with Gasteiger partial charge < -0.3 is 9.47 Å². The van der Waals surface area contributed by atoms with Crippen LogP contribution in [0.4, 0.5) is 19.1 Å². The molecular formula is C13H11F3N4O3. The number of ether oxygens (including phenoxy) is 2. The van der Waals surface area contributed by atoms with E-state index in [0.717, 1.165) is 0 Å². The molecule has 122 valence electrons. The number of aromatic nitrogens is 3. The number of H-pyrrole nitrogens is 1. The second-order valence-electron chi connectivity index (χ2n) is 4.80. The van der Waals surface area contributed by atoms with Crippen LogP contribution in [0.5, 0.6) is 11.5 Å². The molecule has 2 aromatic rings. The first-order valence-corrected chi connectivity index (χ1v) is 6.57. The molecule has 0 saturated carbocycles. The molecule has 1 aromatic carbocycles. The predicted octanol–water partition coefficient (Wildman–Crippen LogP) is 1.99. The van der Waals surface area contributed by atoms with Gasteiger partial charge in [0.25, 0.3) is 5.91 Å². The van der Waals surface area contributed by atoms with Crippen molar-refractivity contribution in [2.24, 2.45) is 0 Å². The van der Waals surface area contributed by atoms with Gasteiger partial charge in [-0.25, -0.2) is 0 Å². The number of fused-ring (bicyclic) bond motifs is 1. The van der Waals surface area contributed by atoms with Crippen molar-refractivity contribution in [1.82, 2.24) is 15.2 Å². The smallest absolute Gasteiger partial charge is 0.451 e. The first kappa shape index (κ1) is 15.1. The molecule has 1 aliphatic rings. The summed E-state index contributed by atoms with van der Waals surface area (Å²) >= 11 is 0. The van der Waals surface area contributed by atoms with Crippen LogP contribution in [0.2, 0.25) is 0 Å². The Bertz CT molecular complexity index is 731. The molecule has 1 aliphatic heterocycles. The minimum Gasteiger partial charge on any atom is -0.482 e. The Morgan fingerprint density at radius 2 is 1.91 bits per heavy atom. The molecule has 0 fully saturated rings. The molecule has 2 N–H and O–H groups in total. The highest BCUT2D eigenvalue weighted by atomic mass is 19.4. The van der Waals surface area contributed by atoms with Crippen molar-refractivity contribution in [2.75, 3.05) is 5.32 Å². The Balaban J connectivity index is 1.72. The zero-order valence-electron chi connectivity index (χ0n) is 11.7. The Morgan fingerprint density at radius 3 is 2.52 bits per heavy atom. The first-order valence-electron chi connectivity index (χ1n) is 6.57. The van der Waals surface area contributed by atoms with E-state index >= 15 is 0 Å². The second kappa shape index (κ2) is 5.45. The summed E-state index contributed by atoms with van der Waals surface area (Å²) in [6, 6.07) is 6.76. The number of benzene rings is 1. The molecule has 0 saturated heterocycles. The molecule has 0 radical (unpaired) electrons. The third-order valence-corrected chi connectivity index (χ3v) is 3.09. The van der Waals surface area contributed by atoms with Crippen LogP contribution in [0.25, 0.3) is 0 Å². The summed E-state index contributed by atoms with van der Waals surface area (Å²) in [5.74, 6) is -1.64. The minimum absolute atomic E-state index is 0.372. The molecule has 2 unspecified atom stereocenters. The van der Waals surface area contributed by atoms with E-state index in [4.69, 9.17) is 9.47 Å². The highest BCUT2D eigenvalue weighted by Crippen LogP contribution is 2.33. The van der Waals surface area contributed by atoms with Crippen LogP contribution in [0, 0.1) is 0 Å². The lowest BCUT2D eigenvalue weighted by atomic mass is 10.1. The number of aromatic amines is 1. The summed E-state index contributed by atoms with van der Waals surface area (Å²) in [6.07, 6.45) is -6.35. The van der Waals surface area contributed by atoms with Gasteiger partial charge in [0.15, 0.2) is 11.5 Å². The summed E-state index contributed by atoms with van der Waals surface area (Å²) in [7, 11) is 0. The number of para-hydroxylation sites is 2. The fraction of sp³-hybridized carbons (Fsp3) is 0.308. The van der Waals surface area contributed by atoms with Crippen molar-refractivity contribution in [1.29, 1.82) is 0 Å². The number of rotatable bonds is 2. The molecule has 2 atom stereocenters. The maximum absolute atomic E-state index is 12.4. The lowest BCUT2D eigenvalue weighted by Gasteiger charge is -2.30. The Labute approximate surface area is 127 Å². The second-order valence-corrected chi connectivity index (χ2v) is 4.80. The lowest BCUT2D eigenvalue weighted by molar-refractivity contribution is -0.144. The van der Waals surface area contributed by atoms with Crippen LogP contribution in [-0.2, 0) is 11.0 Å². The van der Waals surface area contributed by atoms with E-state index in [9.17, 15) is 18.0 Å². The van der Waals surface area contributed by atoms with Crippen molar-refractivity contribution in [3.8, 4) is 11.5 Å². The van der Waals surface area contributed by atoms with Crippen LogP contribution in [-0.4, -0.2) is 33.3 Å². The average Bonchev–Trinajstić information content (AvgIpc) is 2.95. The topological polar surface area (TPSA) is 89.1 Å². The van der Waals surface area contributed by atoms with Gasteiger partial charge in [-0.2, -0.15) is 18.2 Å². The van der Waals surface area contributed by atoms with Crippen LogP contribution in [0.3, 0.4) is 0 Å². The molecule has 1 aromatic heterocycles. The van der Waals surface area contributed by atoms with Gasteiger partial charge in [0.2, 0.25) is 17.9 Å². The van der Waals surface area contributed by atoms with Gasteiger partial charge in [-0.3, -0.25) is 15.2 Å². The van der Waals surface area contributed by atoms with E-state index in [1.54, 1.807) is 36.3 Å². The maximum atomic E-state index is 12.4. The number of carbonyl (C=O) groups is 1. The number of anilines is 1. The summed E-state index contributed by atoms with van der Waals surface area (Å²) in [5.41, 5.74) is 0. The number of halogens is 3. The highest BCUT2D eigenvalue weighted by molar-refractivity contribution is 5.93. The van der Waals surface area contributed by atoms with E-state index < -0.39 is 36.1 Å². The third kappa shape index (κ3) is 3.05. The molecule has 3 rings (SSSR count). The van der Waals surface area contributed by atoms with E-state index in [-0.39, 0.29) is 0 Å². The number of carbonyl (C=O) groups excluding carboxylic acids is 1. The van der Waals surface area contributed by atoms with Gasteiger partial charge >= 0.3 is 6.18 Å². The number of hydrogen-bond donors (Lipinski definition) is 2. The van der Waals surface area contributed by atoms with Crippen LogP contribution in [0.1, 0.15) is 12.7 Å².